The van der Waals surface area contributed by atoms with E-state index >= 15 is 0 Å². The van der Waals surface area contributed by atoms with Gasteiger partial charge in [0.2, 0.25) is 0 Å². The van der Waals surface area contributed by atoms with Crippen molar-refractivity contribution in [2.75, 3.05) is 13.2 Å². The predicted octanol–water partition coefficient (Wildman–Crippen LogP) is 2.43. The maximum Gasteiger partial charge on any atom is 0.115 e. The van der Waals surface area contributed by atoms with E-state index in [2.05, 4.69) is 26.7 Å². The fraction of sp³-hybridized carbons (Fsp3) is 0.444. The van der Waals surface area contributed by atoms with Crippen molar-refractivity contribution < 1.29 is 10.2 Å². The van der Waals surface area contributed by atoms with E-state index in [1.807, 2.05) is 36.9 Å². The van der Waals surface area contributed by atoms with Gasteiger partial charge in [0, 0.05) is 37.4 Å². The molecular weight excluding hydrogens is 403 g/mol. The van der Waals surface area contributed by atoms with Crippen LogP contribution in [0.3, 0.4) is 0 Å². The van der Waals surface area contributed by atoms with E-state index in [0.29, 0.717) is 25.9 Å². The molecule has 2 heterocycles. The summed E-state index contributed by atoms with van der Waals surface area (Å²) >= 11 is 0. The number of aliphatic hydroxyl groups excluding tert-OH is 2. The van der Waals surface area contributed by atoms with E-state index in [1.54, 1.807) is 4.68 Å². The van der Waals surface area contributed by atoms with Crippen molar-refractivity contribution in [2.45, 2.75) is 39.8 Å². The fourth-order valence-corrected chi connectivity index (χ4v) is 2.92. The highest BCUT2D eigenvalue weighted by molar-refractivity contribution is 5.85. The maximum atomic E-state index is 8.98. The van der Waals surface area contributed by atoms with Crippen LogP contribution in [0.4, 0.5) is 0 Å². The van der Waals surface area contributed by atoms with Crippen LogP contribution in [0, 0.1) is 13.8 Å². The molecule has 0 bridgehead atoms. The molecule has 0 saturated heterocycles. The topological polar surface area (TPSA) is 102 Å². The van der Waals surface area contributed by atoms with Gasteiger partial charge < -0.3 is 10.2 Å². The van der Waals surface area contributed by atoms with Gasteiger partial charge in [0.15, 0.2) is 0 Å². The highest BCUT2D eigenvalue weighted by Gasteiger charge is 2.13. The molecule has 3 aromatic rings. The van der Waals surface area contributed by atoms with Crippen molar-refractivity contribution >= 4 is 24.8 Å². The molecule has 0 fully saturated rings. The van der Waals surface area contributed by atoms with E-state index in [4.69, 9.17) is 10.2 Å². The zero-order valence-corrected chi connectivity index (χ0v) is 17.6. The molecule has 8 nitrogen and oxygen atoms in total. The van der Waals surface area contributed by atoms with Gasteiger partial charge >= 0.3 is 0 Å². The second-order valence-corrected chi connectivity index (χ2v) is 6.30. The summed E-state index contributed by atoms with van der Waals surface area (Å²) in [6.45, 7) is 5.61. The standard InChI is InChI=1S/C18H24N6O2.2ClH/c1-13-11-15(18-14(2)24(22-20-18)8-4-10-26)5-6-16(13)17-12-23(21-19-17)7-3-9-25;;/h5-6,11-12,25-26H,3-4,7-10H2,1-2H3;2*1H. The number of rotatable bonds is 8. The first kappa shape index (κ1) is 24.0. The Bertz CT molecular complexity index is 881. The molecule has 0 aliphatic heterocycles. The van der Waals surface area contributed by atoms with Crippen LogP contribution in [-0.4, -0.2) is 53.4 Å². The van der Waals surface area contributed by atoms with Gasteiger partial charge in [-0.05, 0) is 38.3 Å². The maximum absolute atomic E-state index is 8.98. The summed E-state index contributed by atoms with van der Waals surface area (Å²) in [5.41, 5.74) is 5.77. The van der Waals surface area contributed by atoms with Gasteiger partial charge in [-0.15, -0.1) is 35.0 Å². The van der Waals surface area contributed by atoms with E-state index in [-0.39, 0.29) is 38.0 Å². The van der Waals surface area contributed by atoms with Crippen LogP contribution in [0.5, 0.6) is 0 Å². The van der Waals surface area contributed by atoms with Gasteiger partial charge in [-0.1, -0.05) is 22.6 Å². The lowest BCUT2D eigenvalue weighted by molar-refractivity contribution is 0.275. The summed E-state index contributed by atoms with van der Waals surface area (Å²) in [4.78, 5) is 0. The van der Waals surface area contributed by atoms with E-state index in [9.17, 15) is 0 Å². The Balaban J connectivity index is 0.00000196. The molecule has 28 heavy (non-hydrogen) atoms. The van der Waals surface area contributed by atoms with Crippen molar-refractivity contribution in [3.05, 3.63) is 35.7 Å². The van der Waals surface area contributed by atoms with Crippen LogP contribution >= 0.6 is 24.8 Å². The normalized spacial score (nSPS) is 10.4. The van der Waals surface area contributed by atoms with Crippen LogP contribution in [-0.2, 0) is 13.1 Å². The van der Waals surface area contributed by atoms with Crippen molar-refractivity contribution in [1.82, 2.24) is 30.0 Å². The molecule has 3 rings (SSSR count). The van der Waals surface area contributed by atoms with Gasteiger partial charge in [-0.2, -0.15) is 0 Å². The Kier molecular flexibility index (Phi) is 9.54. The number of hydrogen-bond donors (Lipinski definition) is 2. The summed E-state index contributed by atoms with van der Waals surface area (Å²) < 4.78 is 3.57. The molecule has 1 aromatic carbocycles. The zero-order chi connectivity index (χ0) is 18.5. The number of aromatic nitrogens is 6. The van der Waals surface area contributed by atoms with Gasteiger partial charge in [-0.3, -0.25) is 4.68 Å². The van der Waals surface area contributed by atoms with Gasteiger partial charge in [0.1, 0.15) is 11.4 Å². The highest BCUT2D eigenvalue weighted by atomic mass is 35.5. The van der Waals surface area contributed by atoms with Crippen LogP contribution in [0.25, 0.3) is 22.5 Å². The third kappa shape index (κ3) is 5.29. The quantitative estimate of drug-likeness (QED) is 0.570. The van der Waals surface area contributed by atoms with Crippen molar-refractivity contribution in [3.63, 3.8) is 0 Å². The largest absolute Gasteiger partial charge is 0.396 e. The number of aryl methyl sites for hydroxylation is 3. The van der Waals surface area contributed by atoms with Gasteiger partial charge in [-0.25, -0.2) is 4.68 Å². The smallest absolute Gasteiger partial charge is 0.115 e. The molecule has 154 valence electrons. The first-order valence-corrected chi connectivity index (χ1v) is 8.77. The molecule has 0 aliphatic rings. The third-order valence-electron chi connectivity index (χ3n) is 4.37. The summed E-state index contributed by atoms with van der Waals surface area (Å²) in [6, 6.07) is 6.12. The van der Waals surface area contributed by atoms with Crippen LogP contribution in [0.15, 0.2) is 24.4 Å². The van der Waals surface area contributed by atoms with Gasteiger partial charge in [0.05, 0.1) is 11.9 Å². The second kappa shape index (κ2) is 11.1. The Morgan fingerprint density at radius 2 is 1.64 bits per heavy atom. The average Bonchev–Trinajstić information content (AvgIpc) is 3.25. The molecule has 2 N–H and O–H groups in total. The predicted molar refractivity (Wildman–Crippen MR) is 112 cm³/mol. The molecule has 2 aromatic heterocycles. The molecule has 0 spiro atoms. The Morgan fingerprint density at radius 3 is 2.32 bits per heavy atom. The summed E-state index contributed by atoms with van der Waals surface area (Å²) in [5.74, 6) is 0. The number of nitrogens with zero attached hydrogens (tertiary/aromatic N) is 6. The lowest BCUT2D eigenvalue weighted by atomic mass is 10.0. The monoisotopic (exact) mass is 428 g/mol. The SMILES string of the molecule is Cc1cc(-c2nnn(CCCO)c2C)ccc1-c1cn(CCCO)nn1.Cl.Cl. The summed E-state index contributed by atoms with van der Waals surface area (Å²) in [5, 5.41) is 34.7. The minimum Gasteiger partial charge on any atom is -0.396 e. The molecular formula is C18H26Cl2N6O2. The number of benzene rings is 1. The Labute approximate surface area is 176 Å². The fourth-order valence-electron chi connectivity index (χ4n) is 2.92. The number of aliphatic hydroxyl groups is 2. The Hall–Kier alpha value is -2.00. The summed E-state index contributed by atoms with van der Waals surface area (Å²) in [7, 11) is 0. The first-order chi connectivity index (χ1) is 12.6. The number of halogens is 2. The molecule has 0 amide bonds. The van der Waals surface area contributed by atoms with E-state index in [1.165, 1.54) is 0 Å². The van der Waals surface area contributed by atoms with Crippen LogP contribution < -0.4 is 0 Å². The van der Waals surface area contributed by atoms with Crippen LogP contribution in [0.2, 0.25) is 0 Å². The lowest BCUT2D eigenvalue weighted by Gasteiger charge is -2.06. The van der Waals surface area contributed by atoms with Crippen molar-refractivity contribution in [1.29, 1.82) is 0 Å². The van der Waals surface area contributed by atoms with Crippen molar-refractivity contribution in [3.8, 4) is 22.5 Å². The molecule has 0 radical (unpaired) electrons. The molecule has 0 saturated carbocycles. The average molecular weight is 429 g/mol. The number of hydrogen-bond acceptors (Lipinski definition) is 6. The van der Waals surface area contributed by atoms with E-state index in [0.717, 1.165) is 33.8 Å². The minimum absolute atomic E-state index is 0. The second-order valence-electron chi connectivity index (χ2n) is 6.30. The highest BCUT2D eigenvalue weighted by Crippen LogP contribution is 2.28. The third-order valence-corrected chi connectivity index (χ3v) is 4.37. The molecule has 0 atom stereocenters. The zero-order valence-electron chi connectivity index (χ0n) is 15.9. The van der Waals surface area contributed by atoms with Crippen LogP contribution in [0.1, 0.15) is 24.1 Å². The molecule has 0 unspecified atom stereocenters. The minimum atomic E-state index is 0. The van der Waals surface area contributed by atoms with Crippen molar-refractivity contribution in [2.24, 2.45) is 0 Å². The first-order valence-electron chi connectivity index (χ1n) is 8.77. The lowest BCUT2D eigenvalue weighted by Crippen LogP contribution is -2.04. The molecule has 10 heteroatoms. The molecule has 0 aliphatic carbocycles. The Morgan fingerprint density at radius 1 is 0.929 bits per heavy atom. The van der Waals surface area contributed by atoms with Gasteiger partial charge in [0.25, 0.3) is 0 Å². The van der Waals surface area contributed by atoms with E-state index < -0.39 is 0 Å². The summed E-state index contributed by atoms with van der Waals surface area (Å²) in [6.07, 6.45) is 3.22.